The fourth-order valence-electron chi connectivity index (χ4n) is 2.55. The fourth-order valence-corrected chi connectivity index (χ4v) is 2.55. The molecule has 1 aromatic carbocycles. The van der Waals surface area contributed by atoms with Crippen molar-refractivity contribution in [2.75, 3.05) is 5.01 Å². The Kier molecular flexibility index (Phi) is 4.69. The molecule has 0 fully saturated rings. The van der Waals surface area contributed by atoms with Crippen LogP contribution >= 0.6 is 0 Å². The molecular formula is C17H19N5O2. The Morgan fingerprint density at radius 2 is 2.08 bits per heavy atom. The smallest absolute Gasteiger partial charge is 0.267 e. The summed E-state index contributed by atoms with van der Waals surface area (Å²) in [7, 11) is 0. The Morgan fingerprint density at radius 3 is 2.79 bits per heavy atom. The average molecular weight is 325 g/mol. The number of nitrogens with zero attached hydrogens (tertiary/aromatic N) is 4. The maximum Gasteiger partial charge on any atom is 0.267 e. The number of amides is 2. The molecular weight excluding hydrogens is 306 g/mol. The number of nitrogens with one attached hydrogen (secondary N) is 1. The summed E-state index contributed by atoms with van der Waals surface area (Å²) in [5.41, 5.74) is 1.04. The number of para-hydroxylation sites is 1. The highest BCUT2D eigenvalue weighted by atomic mass is 16.2. The summed E-state index contributed by atoms with van der Waals surface area (Å²) in [4.78, 5) is 28.5. The second kappa shape index (κ2) is 7.08. The van der Waals surface area contributed by atoms with E-state index in [1.54, 1.807) is 24.7 Å². The molecule has 7 nitrogen and oxygen atoms in total. The third-order valence-corrected chi connectivity index (χ3v) is 3.72. The maximum absolute atomic E-state index is 12.4. The van der Waals surface area contributed by atoms with Gasteiger partial charge in [0.2, 0.25) is 5.91 Å². The summed E-state index contributed by atoms with van der Waals surface area (Å²) in [6, 6.07) is 9.05. The molecule has 3 rings (SSSR count). The van der Waals surface area contributed by atoms with Gasteiger partial charge < -0.3 is 9.88 Å². The van der Waals surface area contributed by atoms with Crippen molar-refractivity contribution in [1.29, 1.82) is 0 Å². The molecule has 2 heterocycles. The highest BCUT2D eigenvalue weighted by Gasteiger charge is 2.26. The van der Waals surface area contributed by atoms with E-state index in [0.29, 0.717) is 24.4 Å². The van der Waals surface area contributed by atoms with Crippen LogP contribution in [0.1, 0.15) is 19.8 Å². The molecule has 0 aliphatic carbocycles. The summed E-state index contributed by atoms with van der Waals surface area (Å²) in [5.74, 6) is -0.347. The van der Waals surface area contributed by atoms with Crippen molar-refractivity contribution in [2.24, 2.45) is 5.10 Å². The molecule has 0 unspecified atom stereocenters. The third-order valence-electron chi connectivity index (χ3n) is 3.72. The average Bonchev–Trinajstić information content (AvgIpc) is 3.08. The minimum absolute atomic E-state index is 0.0720. The van der Waals surface area contributed by atoms with Crippen molar-refractivity contribution in [3.8, 4) is 0 Å². The zero-order valence-electron chi connectivity index (χ0n) is 13.4. The van der Waals surface area contributed by atoms with Crippen molar-refractivity contribution in [1.82, 2.24) is 14.9 Å². The van der Waals surface area contributed by atoms with Gasteiger partial charge in [-0.25, -0.2) is 9.99 Å². The van der Waals surface area contributed by atoms with Gasteiger partial charge in [-0.1, -0.05) is 18.2 Å². The number of benzene rings is 1. The standard InChI is InChI=1S/C17H19N5O2/c1-13(11-21-10-9-18-12-21)19-17(24)15-7-8-16(23)22(20-15)14-5-3-2-4-6-14/h2-6,9-10,12-13H,7-8,11H2,1H3,(H,19,24)/t13-/m1/s1. The van der Waals surface area contributed by atoms with Crippen LogP contribution in [-0.4, -0.2) is 33.1 Å². The number of carbonyl (C=O) groups is 2. The van der Waals surface area contributed by atoms with Gasteiger partial charge in [0.1, 0.15) is 5.71 Å². The molecule has 124 valence electrons. The first-order chi connectivity index (χ1) is 11.6. The van der Waals surface area contributed by atoms with E-state index in [-0.39, 0.29) is 24.3 Å². The van der Waals surface area contributed by atoms with E-state index in [4.69, 9.17) is 0 Å². The van der Waals surface area contributed by atoms with Crippen molar-refractivity contribution >= 4 is 23.2 Å². The van der Waals surface area contributed by atoms with Gasteiger partial charge in [-0.05, 0) is 19.1 Å². The molecule has 0 spiro atoms. The highest BCUT2D eigenvalue weighted by molar-refractivity contribution is 6.40. The van der Waals surface area contributed by atoms with Crippen LogP contribution in [0.5, 0.6) is 0 Å². The van der Waals surface area contributed by atoms with Gasteiger partial charge >= 0.3 is 0 Å². The van der Waals surface area contributed by atoms with Gasteiger partial charge in [-0.15, -0.1) is 0 Å². The number of imidazole rings is 1. The zero-order chi connectivity index (χ0) is 16.9. The minimum Gasteiger partial charge on any atom is -0.347 e. The van der Waals surface area contributed by atoms with Gasteiger partial charge in [0.05, 0.1) is 12.0 Å². The predicted molar refractivity (Wildman–Crippen MR) is 90.4 cm³/mol. The zero-order valence-corrected chi connectivity index (χ0v) is 13.4. The normalized spacial score (nSPS) is 15.8. The monoisotopic (exact) mass is 325 g/mol. The van der Waals surface area contributed by atoms with Crippen LogP contribution in [-0.2, 0) is 16.1 Å². The first-order valence-electron chi connectivity index (χ1n) is 7.85. The molecule has 2 amide bonds. The number of rotatable bonds is 5. The molecule has 7 heteroatoms. The summed E-state index contributed by atoms with van der Waals surface area (Å²) in [5, 5.41) is 8.48. The lowest BCUT2D eigenvalue weighted by atomic mass is 10.1. The van der Waals surface area contributed by atoms with Crippen LogP contribution in [0.2, 0.25) is 0 Å². The lowest BCUT2D eigenvalue weighted by Crippen LogP contribution is -2.43. The number of anilines is 1. The second-order valence-electron chi connectivity index (χ2n) is 5.72. The van der Waals surface area contributed by atoms with E-state index in [9.17, 15) is 9.59 Å². The Bertz CT molecular complexity index is 740. The van der Waals surface area contributed by atoms with Crippen molar-refractivity contribution in [2.45, 2.75) is 32.4 Å². The van der Waals surface area contributed by atoms with Crippen LogP contribution < -0.4 is 10.3 Å². The molecule has 1 N–H and O–H groups in total. The minimum atomic E-state index is -0.240. The fraction of sp³-hybridized carbons (Fsp3) is 0.294. The maximum atomic E-state index is 12.4. The number of hydrazone groups is 1. The highest BCUT2D eigenvalue weighted by Crippen LogP contribution is 2.19. The SMILES string of the molecule is C[C@H](Cn1ccnc1)NC(=O)C1=NN(c2ccccc2)C(=O)CC1. The molecule has 1 atom stereocenters. The predicted octanol–water partition coefficient (Wildman–Crippen LogP) is 1.57. The lowest BCUT2D eigenvalue weighted by Gasteiger charge is -2.24. The molecule has 1 aliphatic heterocycles. The van der Waals surface area contributed by atoms with E-state index in [2.05, 4.69) is 15.4 Å². The van der Waals surface area contributed by atoms with E-state index in [1.807, 2.05) is 35.9 Å². The van der Waals surface area contributed by atoms with E-state index in [1.165, 1.54) is 5.01 Å². The summed E-state index contributed by atoms with van der Waals surface area (Å²) < 4.78 is 1.90. The Labute approximate surface area is 140 Å². The molecule has 0 saturated heterocycles. The van der Waals surface area contributed by atoms with E-state index < -0.39 is 0 Å². The van der Waals surface area contributed by atoms with E-state index in [0.717, 1.165) is 0 Å². The van der Waals surface area contributed by atoms with Crippen LogP contribution in [0.25, 0.3) is 0 Å². The van der Waals surface area contributed by atoms with Gasteiger partial charge in [-0.2, -0.15) is 5.10 Å². The van der Waals surface area contributed by atoms with Gasteiger partial charge in [0.25, 0.3) is 5.91 Å². The molecule has 1 aliphatic rings. The quantitative estimate of drug-likeness (QED) is 0.906. The van der Waals surface area contributed by atoms with Crippen LogP contribution in [0, 0.1) is 0 Å². The van der Waals surface area contributed by atoms with Crippen molar-refractivity contribution < 1.29 is 9.59 Å². The third kappa shape index (κ3) is 3.68. The number of hydrogen-bond donors (Lipinski definition) is 1. The summed E-state index contributed by atoms with van der Waals surface area (Å²) in [6.07, 6.45) is 5.87. The molecule has 2 aromatic rings. The first-order valence-corrected chi connectivity index (χ1v) is 7.85. The second-order valence-corrected chi connectivity index (χ2v) is 5.72. The number of hydrogen-bond acceptors (Lipinski definition) is 4. The van der Waals surface area contributed by atoms with Crippen molar-refractivity contribution in [3.63, 3.8) is 0 Å². The Balaban J connectivity index is 1.68. The molecule has 24 heavy (non-hydrogen) atoms. The molecule has 1 aromatic heterocycles. The molecule has 0 bridgehead atoms. The Morgan fingerprint density at radius 1 is 1.29 bits per heavy atom. The summed E-state index contributed by atoms with van der Waals surface area (Å²) in [6.45, 7) is 2.54. The van der Waals surface area contributed by atoms with Crippen molar-refractivity contribution in [3.05, 3.63) is 49.1 Å². The lowest BCUT2D eigenvalue weighted by molar-refractivity contribution is -0.119. The first kappa shape index (κ1) is 15.9. The molecule has 0 saturated carbocycles. The summed E-state index contributed by atoms with van der Waals surface area (Å²) >= 11 is 0. The van der Waals surface area contributed by atoms with Crippen LogP contribution in [0.3, 0.4) is 0 Å². The number of aromatic nitrogens is 2. The van der Waals surface area contributed by atoms with Gasteiger partial charge in [0.15, 0.2) is 0 Å². The van der Waals surface area contributed by atoms with Gasteiger partial charge in [0, 0.05) is 37.8 Å². The topological polar surface area (TPSA) is 79.6 Å². The Hall–Kier alpha value is -2.96. The van der Waals surface area contributed by atoms with Crippen LogP contribution in [0.15, 0.2) is 54.2 Å². The van der Waals surface area contributed by atoms with Gasteiger partial charge in [-0.3, -0.25) is 9.59 Å². The van der Waals surface area contributed by atoms with Crippen LogP contribution in [0.4, 0.5) is 5.69 Å². The largest absolute Gasteiger partial charge is 0.347 e. The number of carbonyl (C=O) groups excluding carboxylic acids is 2. The molecule has 0 radical (unpaired) electrons. The van der Waals surface area contributed by atoms with E-state index >= 15 is 0 Å².